The number of carboxylic acids is 1. The van der Waals surface area contributed by atoms with Gasteiger partial charge in [-0.15, -0.1) is 11.8 Å². The standard InChI is InChI=1S/C12H15FN2O3S/c1-19-10-3-2-9(13)6-8(10)7-15-12(18)14-5-4-11(16)17/h2-3,6H,4-5,7H2,1H3,(H,16,17)(H2,14,15,18). The largest absolute Gasteiger partial charge is 0.481 e. The molecular formula is C12H15FN2O3S. The summed E-state index contributed by atoms with van der Waals surface area (Å²) in [4.78, 5) is 22.5. The van der Waals surface area contributed by atoms with Crippen LogP contribution in [0, 0.1) is 5.82 Å². The molecule has 0 aromatic heterocycles. The van der Waals surface area contributed by atoms with Crippen molar-refractivity contribution in [3.63, 3.8) is 0 Å². The zero-order chi connectivity index (χ0) is 14.3. The summed E-state index contributed by atoms with van der Waals surface area (Å²) in [5, 5.41) is 13.4. The van der Waals surface area contributed by atoms with Gasteiger partial charge in [-0.25, -0.2) is 9.18 Å². The minimum Gasteiger partial charge on any atom is -0.481 e. The molecule has 0 saturated heterocycles. The molecule has 0 aliphatic carbocycles. The number of thioether (sulfide) groups is 1. The Morgan fingerprint density at radius 1 is 1.37 bits per heavy atom. The predicted molar refractivity (Wildman–Crippen MR) is 70.7 cm³/mol. The Labute approximate surface area is 114 Å². The maximum Gasteiger partial charge on any atom is 0.315 e. The Bertz CT molecular complexity index is 468. The fourth-order valence-corrected chi connectivity index (χ4v) is 2.00. The predicted octanol–water partition coefficient (Wildman–Crippen LogP) is 1.82. The summed E-state index contributed by atoms with van der Waals surface area (Å²) in [6.45, 7) is 0.243. The maximum absolute atomic E-state index is 13.1. The molecule has 0 radical (unpaired) electrons. The maximum atomic E-state index is 13.1. The second-order valence-electron chi connectivity index (χ2n) is 3.71. The smallest absolute Gasteiger partial charge is 0.315 e. The van der Waals surface area contributed by atoms with E-state index in [1.54, 1.807) is 6.07 Å². The number of carbonyl (C=O) groups is 2. The number of urea groups is 1. The van der Waals surface area contributed by atoms with Crippen LogP contribution in [-0.4, -0.2) is 29.9 Å². The van der Waals surface area contributed by atoms with Crippen LogP contribution in [0.4, 0.5) is 9.18 Å². The molecule has 2 amide bonds. The van der Waals surface area contributed by atoms with Gasteiger partial charge >= 0.3 is 12.0 Å². The van der Waals surface area contributed by atoms with E-state index >= 15 is 0 Å². The summed E-state index contributed by atoms with van der Waals surface area (Å²) in [7, 11) is 0. The molecule has 1 aromatic carbocycles. The minimum absolute atomic E-state index is 0.0553. The molecule has 0 heterocycles. The molecule has 19 heavy (non-hydrogen) atoms. The summed E-state index contributed by atoms with van der Waals surface area (Å²) >= 11 is 1.46. The molecule has 1 aromatic rings. The second-order valence-corrected chi connectivity index (χ2v) is 4.56. The van der Waals surface area contributed by atoms with Gasteiger partial charge in [-0.2, -0.15) is 0 Å². The van der Waals surface area contributed by atoms with Crippen LogP contribution >= 0.6 is 11.8 Å². The molecular weight excluding hydrogens is 271 g/mol. The number of hydrogen-bond donors (Lipinski definition) is 3. The fourth-order valence-electron chi connectivity index (χ4n) is 1.41. The summed E-state index contributed by atoms with van der Waals surface area (Å²) in [5.41, 5.74) is 0.681. The van der Waals surface area contributed by atoms with Crippen molar-refractivity contribution in [1.82, 2.24) is 10.6 Å². The van der Waals surface area contributed by atoms with Crippen molar-refractivity contribution in [3.8, 4) is 0 Å². The third-order valence-corrected chi connectivity index (χ3v) is 3.14. The van der Waals surface area contributed by atoms with Crippen LogP contribution in [0.3, 0.4) is 0 Å². The van der Waals surface area contributed by atoms with Crippen LogP contribution in [0.1, 0.15) is 12.0 Å². The first-order valence-electron chi connectivity index (χ1n) is 5.59. The zero-order valence-corrected chi connectivity index (χ0v) is 11.2. The molecule has 104 valence electrons. The third kappa shape index (κ3) is 5.60. The van der Waals surface area contributed by atoms with Gasteiger partial charge < -0.3 is 15.7 Å². The van der Waals surface area contributed by atoms with Crippen LogP contribution in [-0.2, 0) is 11.3 Å². The van der Waals surface area contributed by atoms with Crippen LogP contribution in [0.25, 0.3) is 0 Å². The van der Waals surface area contributed by atoms with Gasteiger partial charge in [-0.05, 0) is 30.0 Å². The van der Waals surface area contributed by atoms with Gasteiger partial charge in [0.1, 0.15) is 5.82 Å². The quantitative estimate of drug-likeness (QED) is 0.697. The normalized spacial score (nSPS) is 10.0. The van der Waals surface area contributed by atoms with Crippen LogP contribution in [0.5, 0.6) is 0 Å². The lowest BCUT2D eigenvalue weighted by Gasteiger charge is -2.10. The van der Waals surface area contributed by atoms with E-state index in [1.807, 2.05) is 6.26 Å². The molecule has 0 unspecified atom stereocenters. The van der Waals surface area contributed by atoms with E-state index < -0.39 is 12.0 Å². The number of amides is 2. The van der Waals surface area contributed by atoms with E-state index in [0.29, 0.717) is 5.56 Å². The Morgan fingerprint density at radius 2 is 2.11 bits per heavy atom. The molecule has 0 bridgehead atoms. The molecule has 0 atom stereocenters. The Kier molecular flexibility index (Phi) is 6.14. The van der Waals surface area contributed by atoms with E-state index in [-0.39, 0.29) is 25.3 Å². The van der Waals surface area contributed by atoms with Gasteiger partial charge in [-0.3, -0.25) is 4.79 Å². The number of rotatable bonds is 6. The van der Waals surface area contributed by atoms with E-state index in [4.69, 9.17) is 5.11 Å². The first kappa shape index (κ1) is 15.3. The third-order valence-electron chi connectivity index (χ3n) is 2.31. The number of hydrogen-bond acceptors (Lipinski definition) is 3. The van der Waals surface area contributed by atoms with E-state index in [2.05, 4.69) is 10.6 Å². The molecule has 0 fully saturated rings. The van der Waals surface area contributed by atoms with Crippen molar-refractivity contribution >= 4 is 23.8 Å². The highest BCUT2D eigenvalue weighted by Crippen LogP contribution is 2.20. The number of aliphatic carboxylic acids is 1. The molecule has 5 nitrogen and oxygen atoms in total. The number of carbonyl (C=O) groups excluding carboxylic acids is 1. The molecule has 1 rings (SSSR count). The summed E-state index contributed by atoms with van der Waals surface area (Å²) in [5.74, 6) is -1.34. The zero-order valence-electron chi connectivity index (χ0n) is 10.4. The topological polar surface area (TPSA) is 78.4 Å². The Hall–Kier alpha value is -1.76. The SMILES string of the molecule is CSc1ccc(F)cc1CNC(=O)NCCC(=O)O. The number of halogens is 1. The second kappa shape index (κ2) is 7.63. The summed E-state index contributed by atoms with van der Waals surface area (Å²) < 4.78 is 13.1. The minimum atomic E-state index is -0.977. The van der Waals surface area contributed by atoms with Gasteiger partial charge in [0.25, 0.3) is 0 Å². The highest BCUT2D eigenvalue weighted by Gasteiger charge is 2.06. The van der Waals surface area contributed by atoms with Gasteiger partial charge in [0.2, 0.25) is 0 Å². The monoisotopic (exact) mass is 286 g/mol. The number of nitrogens with one attached hydrogen (secondary N) is 2. The lowest BCUT2D eigenvalue weighted by molar-refractivity contribution is -0.136. The van der Waals surface area contributed by atoms with Gasteiger partial charge in [0.05, 0.1) is 6.42 Å². The van der Waals surface area contributed by atoms with Gasteiger partial charge in [0.15, 0.2) is 0 Å². The van der Waals surface area contributed by atoms with E-state index in [0.717, 1.165) is 4.90 Å². The lowest BCUT2D eigenvalue weighted by atomic mass is 10.2. The fraction of sp³-hybridized carbons (Fsp3) is 0.333. The van der Waals surface area contributed by atoms with Crippen molar-refractivity contribution in [2.45, 2.75) is 17.9 Å². The highest BCUT2D eigenvalue weighted by molar-refractivity contribution is 7.98. The molecule has 3 N–H and O–H groups in total. The van der Waals surface area contributed by atoms with Crippen LogP contribution in [0.15, 0.2) is 23.1 Å². The molecule has 0 aliphatic heterocycles. The number of benzene rings is 1. The molecule has 0 saturated carbocycles. The van der Waals surface area contributed by atoms with Crippen LogP contribution < -0.4 is 10.6 Å². The molecule has 0 aliphatic rings. The van der Waals surface area contributed by atoms with Gasteiger partial charge in [-0.1, -0.05) is 0 Å². The summed E-state index contributed by atoms with van der Waals surface area (Å²) in [6.07, 6.45) is 1.73. The van der Waals surface area contributed by atoms with E-state index in [9.17, 15) is 14.0 Å². The highest BCUT2D eigenvalue weighted by atomic mass is 32.2. The average Bonchev–Trinajstić information content (AvgIpc) is 2.36. The van der Waals surface area contributed by atoms with Crippen molar-refractivity contribution in [1.29, 1.82) is 0 Å². The Morgan fingerprint density at radius 3 is 2.74 bits per heavy atom. The van der Waals surface area contributed by atoms with Crippen molar-refractivity contribution in [3.05, 3.63) is 29.6 Å². The average molecular weight is 286 g/mol. The van der Waals surface area contributed by atoms with Crippen LogP contribution in [0.2, 0.25) is 0 Å². The van der Waals surface area contributed by atoms with E-state index in [1.165, 1.54) is 23.9 Å². The molecule has 0 spiro atoms. The Balaban J connectivity index is 2.45. The summed E-state index contributed by atoms with van der Waals surface area (Å²) in [6, 6.07) is 3.91. The molecule has 7 heteroatoms. The van der Waals surface area contributed by atoms with Gasteiger partial charge in [0, 0.05) is 18.0 Å². The van der Waals surface area contributed by atoms with Crippen molar-refractivity contribution < 1.29 is 19.1 Å². The number of carboxylic acid groups (broad SMARTS) is 1. The first-order chi connectivity index (χ1) is 9.02. The van der Waals surface area contributed by atoms with Crippen molar-refractivity contribution in [2.24, 2.45) is 0 Å². The lowest BCUT2D eigenvalue weighted by Crippen LogP contribution is -2.36. The van der Waals surface area contributed by atoms with Crippen molar-refractivity contribution in [2.75, 3.05) is 12.8 Å². The first-order valence-corrected chi connectivity index (χ1v) is 6.81.